The third-order valence-electron chi connectivity index (χ3n) is 1.26. The number of anilines is 1. The molecule has 0 aromatic carbocycles. The molecule has 76 valence electrons. The molecule has 0 spiro atoms. The van der Waals surface area contributed by atoms with Crippen molar-refractivity contribution in [2.75, 3.05) is 5.32 Å². The van der Waals surface area contributed by atoms with Gasteiger partial charge in [0.05, 0.1) is 5.69 Å². The number of pyridine rings is 1. The maximum Gasteiger partial charge on any atom is 0.471 e. The van der Waals surface area contributed by atoms with Crippen molar-refractivity contribution in [1.29, 1.82) is 0 Å². The zero-order valence-electron chi connectivity index (χ0n) is 6.60. The monoisotopic (exact) mass is 268 g/mol. The van der Waals surface area contributed by atoms with Crippen LogP contribution in [0.3, 0.4) is 0 Å². The Hall–Kier alpha value is -1.11. The molecule has 0 aliphatic rings. The fraction of sp³-hybridized carbons (Fsp3) is 0.143. The van der Waals surface area contributed by atoms with E-state index in [1.165, 1.54) is 18.3 Å². The minimum absolute atomic E-state index is 0.0187. The third-order valence-corrected chi connectivity index (χ3v) is 1.90. The highest BCUT2D eigenvalue weighted by atomic mass is 79.9. The normalized spacial score (nSPS) is 11.1. The number of amides is 1. The predicted molar refractivity (Wildman–Crippen MR) is 46.6 cm³/mol. The van der Waals surface area contributed by atoms with E-state index in [9.17, 15) is 18.0 Å². The van der Waals surface area contributed by atoms with Gasteiger partial charge in [0.15, 0.2) is 0 Å². The van der Waals surface area contributed by atoms with E-state index < -0.39 is 12.1 Å². The first-order valence-corrected chi connectivity index (χ1v) is 4.19. The van der Waals surface area contributed by atoms with Crippen LogP contribution in [0.25, 0.3) is 0 Å². The predicted octanol–water partition coefficient (Wildman–Crippen LogP) is 2.34. The van der Waals surface area contributed by atoms with Crippen molar-refractivity contribution in [2.24, 2.45) is 0 Å². The highest BCUT2D eigenvalue weighted by molar-refractivity contribution is 9.10. The number of hydrogen-bond donors (Lipinski definition) is 1. The molecule has 1 heterocycles. The van der Waals surface area contributed by atoms with E-state index in [1.807, 2.05) is 0 Å². The van der Waals surface area contributed by atoms with Crippen molar-refractivity contribution < 1.29 is 18.0 Å². The third kappa shape index (κ3) is 2.69. The summed E-state index contributed by atoms with van der Waals surface area (Å²) >= 11 is 2.90. The lowest BCUT2D eigenvalue weighted by Gasteiger charge is -2.08. The fourth-order valence-corrected chi connectivity index (χ4v) is 1.02. The molecule has 14 heavy (non-hydrogen) atoms. The van der Waals surface area contributed by atoms with Gasteiger partial charge in [-0.05, 0) is 28.1 Å². The number of alkyl halides is 3. The molecule has 0 saturated carbocycles. The summed E-state index contributed by atoms with van der Waals surface area (Å²) < 4.78 is 35.6. The number of rotatable bonds is 1. The van der Waals surface area contributed by atoms with Gasteiger partial charge in [0.25, 0.3) is 0 Å². The topological polar surface area (TPSA) is 42.0 Å². The summed E-state index contributed by atoms with van der Waals surface area (Å²) in [6.45, 7) is 0. The smallest absolute Gasteiger partial charge is 0.316 e. The minimum Gasteiger partial charge on any atom is -0.316 e. The molecule has 0 aliphatic carbocycles. The molecule has 7 heteroatoms. The second kappa shape index (κ2) is 3.95. The molecular formula is C7H4BrF3N2O. The van der Waals surface area contributed by atoms with Crippen molar-refractivity contribution in [1.82, 2.24) is 4.98 Å². The van der Waals surface area contributed by atoms with E-state index in [0.717, 1.165) is 0 Å². The Morgan fingerprint density at radius 3 is 2.64 bits per heavy atom. The van der Waals surface area contributed by atoms with E-state index in [4.69, 9.17) is 0 Å². The molecule has 0 bridgehead atoms. The van der Waals surface area contributed by atoms with E-state index in [0.29, 0.717) is 0 Å². The van der Waals surface area contributed by atoms with Crippen LogP contribution in [0.15, 0.2) is 22.9 Å². The molecule has 0 saturated heterocycles. The first-order chi connectivity index (χ1) is 6.41. The van der Waals surface area contributed by atoms with Gasteiger partial charge in [-0.15, -0.1) is 0 Å². The lowest BCUT2D eigenvalue weighted by Crippen LogP contribution is -2.30. The van der Waals surface area contributed by atoms with Crippen LogP contribution in [-0.4, -0.2) is 17.1 Å². The van der Waals surface area contributed by atoms with Crippen LogP contribution in [0, 0.1) is 0 Å². The number of hydrogen-bond acceptors (Lipinski definition) is 2. The van der Waals surface area contributed by atoms with Gasteiger partial charge in [-0.2, -0.15) is 13.2 Å². The number of carbonyl (C=O) groups is 1. The molecule has 0 fully saturated rings. The van der Waals surface area contributed by atoms with Crippen molar-refractivity contribution >= 4 is 27.5 Å². The van der Waals surface area contributed by atoms with Gasteiger partial charge in [-0.25, -0.2) is 4.98 Å². The summed E-state index contributed by atoms with van der Waals surface area (Å²) in [4.78, 5) is 14.2. The fourth-order valence-electron chi connectivity index (χ4n) is 0.672. The molecule has 0 radical (unpaired) electrons. The Kier molecular flexibility index (Phi) is 3.10. The molecule has 0 aliphatic heterocycles. The average Bonchev–Trinajstić information content (AvgIpc) is 2.07. The Balaban J connectivity index is 2.80. The molecule has 1 rings (SSSR count). The van der Waals surface area contributed by atoms with Crippen molar-refractivity contribution in [3.05, 3.63) is 22.9 Å². The van der Waals surface area contributed by atoms with Gasteiger partial charge < -0.3 is 5.32 Å². The van der Waals surface area contributed by atoms with Gasteiger partial charge in [-0.3, -0.25) is 4.79 Å². The van der Waals surface area contributed by atoms with Gasteiger partial charge in [0, 0.05) is 6.20 Å². The molecule has 1 aromatic heterocycles. The van der Waals surface area contributed by atoms with Crippen LogP contribution in [0.2, 0.25) is 0 Å². The highest BCUT2D eigenvalue weighted by Gasteiger charge is 2.38. The van der Waals surface area contributed by atoms with E-state index >= 15 is 0 Å². The summed E-state index contributed by atoms with van der Waals surface area (Å²) in [5, 5.41) is 1.68. The first-order valence-electron chi connectivity index (χ1n) is 3.40. The number of carbonyl (C=O) groups excluding carboxylic acids is 1. The van der Waals surface area contributed by atoms with E-state index in [1.54, 1.807) is 5.32 Å². The summed E-state index contributed by atoms with van der Waals surface area (Å²) in [7, 11) is 0. The molecule has 1 aromatic rings. The maximum absolute atomic E-state index is 11.8. The molecular weight excluding hydrogens is 265 g/mol. The lowest BCUT2D eigenvalue weighted by molar-refractivity contribution is -0.167. The number of halogens is 4. The Morgan fingerprint density at radius 1 is 1.50 bits per heavy atom. The van der Waals surface area contributed by atoms with E-state index in [2.05, 4.69) is 20.9 Å². The van der Waals surface area contributed by atoms with Crippen LogP contribution < -0.4 is 5.32 Å². The standard InChI is InChI=1S/C7H4BrF3N2O/c8-5-4(2-1-3-12-5)13-6(14)7(9,10)11/h1-3H,(H,13,14). The minimum atomic E-state index is -4.89. The van der Waals surface area contributed by atoms with Gasteiger partial charge >= 0.3 is 12.1 Å². The first kappa shape index (κ1) is 11.0. The molecule has 3 nitrogen and oxygen atoms in total. The second-order valence-electron chi connectivity index (χ2n) is 2.29. The summed E-state index contributed by atoms with van der Waals surface area (Å²) in [5.74, 6) is -2.02. The van der Waals surface area contributed by atoms with Crippen molar-refractivity contribution in [3.8, 4) is 0 Å². The van der Waals surface area contributed by atoms with Gasteiger partial charge in [-0.1, -0.05) is 0 Å². The number of nitrogens with one attached hydrogen (secondary N) is 1. The summed E-state index contributed by atoms with van der Waals surface area (Å²) in [6, 6.07) is 2.72. The van der Waals surface area contributed by atoms with Crippen LogP contribution >= 0.6 is 15.9 Å². The van der Waals surface area contributed by atoms with Crippen LogP contribution in [0.5, 0.6) is 0 Å². The Morgan fingerprint density at radius 2 is 2.14 bits per heavy atom. The van der Waals surface area contributed by atoms with Crippen LogP contribution in [0.1, 0.15) is 0 Å². The highest BCUT2D eigenvalue weighted by Crippen LogP contribution is 2.22. The zero-order valence-corrected chi connectivity index (χ0v) is 8.19. The largest absolute Gasteiger partial charge is 0.471 e. The average molecular weight is 269 g/mol. The Bertz CT molecular complexity index is 353. The van der Waals surface area contributed by atoms with Crippen LogP contribution in [-0.2, 0) is 4.79 Å². The maximum atomic E-state index is 11.8. The van der Waals surface area contributed by atoms with E-state index in [-0.39, 0.29) is 10.3 Å². The number of nitrogens with zero attached hydrogens (tertiary/aromatic N) is 1. The molecule has 0 unspecified atom stereocenters. The van der Waals surface area contributed by atoms with Gasteiger partial charge in [0.2, 0.25) is 0 Å². The molecule has 1 N–H and O–H groups in total. The number of aromatic nitrogens is 1. The SMILES string of the molecule is O=C(Nc1cccnc1Br)C(F)(F)F. The Labute approximate surface area is 85.5 Å². The summed E-state index contributed by atoms with van der Waals surface area (Å²) in [5.41, 5.74) is -0.0187. The van der Waals surface area contributed by atoms with Crippen molar-refractivity contribution in [3.63, 3.8) is 0 Å². The second-order valence-corrected chi connectivity index (χ2v) is 3.04. The molecule has 1 amide bonds. The van der Waals surface area contributed by atoms with Crippen LogP contribution in [0.4, 0.5) is 18.9 Å². The molecule has 0 atom stereocenters. The zero-order chi connectivity index (χ0) is 10.8. The summed E-state index contributed by atoms with van der Waals surface area (Å²) in [6.07, 6.45) is -3.51. The quantitative estimate of drug-likeness (QED) is 0.795. The lowest BCUT2D eigenvalue weighted by atomic mass is 10.4. The van der Waals surface area contributed by atoms with Crippen molar-refractivity contribution in [2.45, 2.75) is 6.18 Å². The van der Waals surface area contributed by atoms with Gasteiger partial charge in [0.1, 0.15) is 4.60 Å².